The van der Waals surface area contributed by atoms with Crippen LogP contribution >= 0.6 is 0 Å². The van der Waals surface area contributed by atoms with Gasteiger partial charge in [-0.25, -0.2) is 0 Å². The van der Waals surface area contributed by atoms with Crippen molar-refractivity contribution in [3.63, 3.8) is 0 Å². The highest BCUT2D eigenvalue weighted by molar-refractivity contribution is 4.76. The summed E-state index contributed by atoms with van der Waals surface area (Å²) in [6, 6.07) is 0. The zero-order valence-electron chi connectivity index (χ0n) is 10.6. The summed E-state index contributed by atoms with van der Waals surface area (Å²) in [7, 11) is 4.45. The molecule has 0 spiro atoms. The molecular formula is C12H27N3. The van der Waals surface area contributed by atoms with Crippen molar-refractivity contribution in [1.29, 1.82) is 0 Å². The van der Waals surface area contributed by atoms with Gasteiger partial charge in [0.2, 0.25) is 0 Å². The minimum atomic E-state index is 0.675. The number of hydrogen-bond acceptors (Lipinski definition) is 3. The monoisotopic (exact) mass is 213 g/mol. The first-order valence-corrected chi connectivity index (χ1v) is 6.22. The van der Waals surface area contributed by atoms with Crippen molar-refractivity contribution in [2.24, 2.45) is 17.6 Å². The third kappa shape index (κ3) is 4.49. The number of hydrogen-bond donors (Lipinski definition) is 1. The average molecular weight is 213 g/mol. The summed E-state index contributed by atoms with van der Waals surface area (Å²) in [5.74, 6) is 1.55. The van der Waals surface area contributed by atoms with Gasteiger partial charge in [0.15, 0.2) is 0 Å². The summed E-state index contributed by atoms with van der Waals surface area (Å²) in [6.45, 7) is 7.99. The maximum Gasteiger partial charge on any atom is 0.00194 e. The van der Waals surface area contributed by atoms with Gasteiger partial charge in [0.05, 0.1) is 0 Å². The Morgan fingerprint density at radius 1 is 1.53 bits per heavy atom. The molecule has 0 aromatic carbocycles. The maximum absolute atomic E-state index is 5.73. The molecule has 0 saturated carbocycles. The maximum atomic E-state index is 5.73. The standard InChI is InChI=1S/C12H27N3/c1-4-11(7-13)8-15(3)10-12-5-6-14(2)9-12/h11-12H,4-10,13H2,1-3H3. The van der Waals surface area contributed by atoms with Crippen LogP contribution in [0.5, 0.6) is 0 Å². The van der Waals surface area contributed by atoms with Crippen molar-refractivity contribution in [2.45, 2.75) is 19.8 Å². The molecule has 0 bridgehead atoms. The summed E-state index contributed by atoms with van der Waals surface area (Å²) in [6.07, 6.45) is 2.56. The van der Waals surface area contributed by atoms with Gasteiger partial charge in [0, 0.05) is 19.6 Å². The van der Waals surface area contributed by atoms with Gasteiger partial charge in [-0.15, -0.1) is 0 Å². The van der Waals surface area contributed by atoms with Gasteiger partial charge in [0.1, 0.15) is 0 Å². The van der Waals surface area contributed by atoms with Gasteiger partial charge in [-0.1, -0.05) is 13.3 Å². The van der Waals surface area contributed by atoms with Gasteiger partial charge in [-0.2, -0.15) is 0 Å². The Morgan fingerprint density at radius 2 is 2.27 bits per heavy atom. The Balaban J connectivity index is 2.20. The lowest BCUT2D eigenvalue weighted by Gasteiger charge is -2.24. The van der Waals surface area contributed by atoms with E-state index in [4.69, 9.17) is 5.73 Å². The third-order valence-electron chi connectivity index (χ3n) is 3.54. The highest BCUT2D eigenvalue weighted by Crippen LogP contribution is 2.15. The molecule has 2 N–H and O–H groups in total. The normalized spacial score (nSPS) is 25.0. The molecule has 2 unspecified atom stereocenters. The van der Waals surface area contributed by atoms with E-state index in [9.17, 15) is 0 Å². The lowest BCUT2D eigenvalue weighted by atomic mass is 10.0. The Bertz CT molecular complexity index is 168. The van der Waals surface area contributed by atoms with Crippen LogP contribution in [0.25, 0.3) is 0 Å². The summed E-state index contributed by atoms with van der Waals surface area (Å²) in [5.41, 5.74) is 5.73. The van der Waals surface area contributed by atoms with E-state index in [0.717, 1.165) is 19.0 Å². The van der Waals surface area contributed by atoms with Gasteiger partial charge in [-0.3, -0.25) is 0 Å². The molecular weight excluding hydrogens is 186 g/mol. The molecule has 0 radical (unpaired) electrons. The Hall–Kier alpha value is -0.120. The minimum absolute atomic E-state index is 0.675. The Kier molecular flexibility index (Phi) is 5.58. The predicted molar refractivity (Wildman–Crippen MR) is 65.9 cm³/mol. The van der Waals surface area contributed by atoms with Crippen LogP contribution in [-0.2, 0) is 0 Å². The molecule has 3 heteroatoms. The molecule has 0 amide bonds. The van der Waals surface area contributed by atoms with E-state index in [1.807, 2.05) is 0 Å². The van der Waals surface area contributed by atoms with Crippen LogP contribution in [0.2, 0.25) is 0 Å². The van der Waals surface area contributed by atoms with Crippen molar-refractivity contribution < 1.29 is 0 Å². The van der Waals surface area contributed by atoms with Crippen LogP contribution in [0, 0.1) is 11.8 Å². The van der Waals surface area contributed by atoms with Gasteiger partial charge < -0.3 is 15.5 Å². The largest absolute Gasteiger partial charge is 0.330 e. The van der Waals surface area contributed by atoms with Gasteiger partial charge in [0.25, 0.3) is 0 Å². The van der Waals surface area contributed by atoms with E-state index >= 15 is 0 Å². The SMILES string of the molecule is CCC(CN)CN(C)CC1CCN(C)C1. The van der Waals surface area contributed by atoms with Crippen LogP contribution in [0.3, 0.4) is 0 Å². The van der Waals surface area contributed by atoms with Crippen molar-refractivity contribution in [3.8, 4) is 0 Å². The van der Waals surface area contributed by atoms with E-state index in [-0.39, 0.29) is 0 Å². The average Bonchev–Trinajstić information content (AvgIpc) is 2.60. The third-order valence-corrected chi connectivity index (χ3v) is 3.54. The van der Waals surface area contributed by atoms with Crippen LogP contribution in [0.1, 0.15) is 19.8 Å². The van der Waals surface area contributed by atoms with Gasteiger partial charge in [-0.05, 0) is 45.4 Å². The van der Waals surface area contributed by atoms with E-state index in [1.165, 1.54) is 32.5 Å². The van der Waals surface area contributed by atoms with E-state index in [1.54, 1.807) is 0 Å². The van der Waals surface area contributed by atoms with E-state index in [2.05, 4.69) is 30.8 Å². The second-order valence-electron chi connectivity index (χ2n) is 5.15. The molecule has 1 fully saturated rings. The molecule has 15 heavy (non-hydrogen) atoms. The zero-order valence-corrected chi connectivity index (χ0v) is 10.6. The number of rotatable bonds is 6. The minimum Gasteiger partial charge on any atom is -0.330 e. The summed E-state index contributed by atoms with van der Waals surface area (Å²) in [4.78, 5) is 4.89. The molecule has 1 aliphatic rings. The van der Waals surface area contributed by atoms with Crippen LogP contribution in [0.15, 0.2) is 0 Å². The highest BCUT2D eigenvalue weighted by Gasteiger charge is 2.21. The van der Waals surface area contributed by atoms with Crippen molar-refractivity contribution in [2.75, 3.05) is 46.8 Å². The molecule has 0 aliphatic carbocycles. The molecule has 0 aromatic rings. The second-order valence-corrected chi connectivity index (χ2v) is 5.15. The first-order valence-electron chi connectivity index (χ1n) is 6.22. The van der Waals surface area contributed by atoms with Crippen molar-refractivity contribution >= 4 is 0 Å². The molecule has 1 aliphatic heterocycles. The lowest BCUT2D eigenvalue weighted by Crippen LogP contribution is -2.34. The first kappa shape index (κ1) is 12.9. The molecule has 1 heterocycles. The van der Waals surface area contributed by atoms with Gasteiger partial charge >= 0.3 is 0 Å². The summed E-state index contributed by atoms with van der Waals surface area (Å²) >= 11 is 0. The Labute approximate surface area is 94.6 Å². The van der Waals surface area contributed by atoms with Crippen molar-refractivity contribution in [1.82, 2.24) is 9.80 Å². The Morgan fingerprint density at radius 3 is 2.73 bits per heavy atom. The molecule has 1 rings (SSSR count). The second kappa shape index (κ2) is 6.46. The van der Waals surface area contributed by atoms with Crippen molar-refractivity contribution in [3.05, 3.63) is 0 Å². The number of nitrogens with two attached hydrogens (primary N) is 1. The predicted octanol–water partition coefficient (Wildman–Crippen LogP) is 0.855. The topological polar surface area (TPSA) is 32.5 Å². The first-order chi connectivity index (χ1) is 7.15. The highest BCUT2D eigenvalue weighted by atomic mass is 15.1. The fourth-order valence-corrected chi connectivity index (χ4v) is 2.50. The molecule has 90 valence electrons. The molecule has 2 atom stereocenters. The zero-order chi connectivity index (χ0) is 11.3. The number of nitrogens with zero attached hydrogens (tertiary/aromatic N) is 2. The molecule has 3 nitrogen and oxygen atoms in total. The molecule has 1 saturated heterocycles. The van der Waals surface area contributed by atoms with Crippen LogP contribution in [-0.4, -0.2) is 56.6 Å². The fourth-order valence-electron chi connectivity index (χ4n) is 2.50. The van der Waals surface area contributed by atoms with E-state index in [0.29, 0.717) is 5.92 Å². The quantitative estimate of drug-likeness (QED) is 0.710. The number of likely N-dealkylation sites (tertiary alicyclic amines) is 1. The smallest absolute Gasteiger partial charge is 0.00194 e. The fraction of sp³-hybridized carbons (Fsp3) is 1.00. The lowest BCUT2D eigenvalue weighted by molar-refractivity contribution is 0.236. The van der Waals surface area contributed by atoms with Crippen LogP contribution in [0.4, 0.5) is 0 Å². The molecule has 0 aromatic heterocycles. The van der Waals surface area contributed by atoms with E-state index < -0.39 is 0 Å². The van der Waals surface area contributed by atoms with Crippen LogP contribution < -0.4 is 5.73 Å². The summed E-state index contributed by atoms with van der Waals surface area (Å²) < 4.78 is 0. The summed E-state index contributed by atoms with van der Waals surface area (Å²) in [5, 5.41) is 0.